The lowest BCUT2D eigenvalue weighted by molar-refractivity contribution is 0.523. The van der Waals surface area contributed by atoms with Crippen molar-refractivity contribution in [1.29, 1.82) is 0 Å². The summed E-state index contributed by atoms with van der Waals surface area (Å²) in [6.45, 7) is 3.10. The molecule has 2 aromatic rings. The van der Waals surface area contributed by atoms with Gasteiger partial charge in [-0.1, -0.05) is 30.3 Å². The molecule has 3 heteroatoms. The monoisotopic (exact) mass is 229 g/mol. The maximum Gasteiger partial charge on any atom is 0.126 e. The third-order valence-corrected chi connectivity index (χ3v) is 3.03. The Bertz CT molecular complexity index is 448. The quantitative estimate of drug-likeness (QED) is 0.853. The summed E-state index contributed by atoms with van der Waals surface area (Å²) in [6, 6.07) is 10.8. The van der Waals surface area contributed by atoms with Crippen molar-refractivity contribution >= 4 is 0 Å². The molecular weight excluding hydrogens is 210 g/mol. The van der Waals surface area contributed by atoms with Crippen molar-refractivity contribution in [3.8, 4) is 0 Å². The molecule has 3 nitrogen and oxygen atoms in total. The number of hydrogen-bond acceptors (Lipinski definition) is 2. The van der Waals surface area contributed by atoms with Gasteiger partial charge in [-0.05, 0) is 26.0 Å². The largest absolute Gasteiger partial charge is 0.334 e. The van der Waals surface area contributed by atoms with Crippen LogP contribution in [0.2, 0.25) is 0 Å². The van der Waals surface area contributed by atoms with Crippen molar-refractivity contribution in [2.24, 2.45) is 0 Å². The van der Waals surface area contributed by atoms with Gasteiger partial charge in [0.1, 0.15) is 5.82 Å². The van der Waals surface area contributed by atoms with E-state index >= 15 is 0 Å². The first-order valence-corrected chi connectivity index (χ1v) is 6.07. The summed E-state index contributed by atoms with van der Waals surface area (Å²) in [5.74, 6) is 1.11. The standard InChI is InChI=1S/C14H19N3/c1-3-17-10-9-16-14(17)13(15-2)11-12-7-5-4-6-8-12/h4-10,13,15H,3,11H2,1-2H3. The van der Waals surface area contributed by atoms with E-state index in [1.807, 2.05) is 25.5 Å². The van der Waals surface area contributed by atoms with Gasteiger partial charge in [0.05, 0.1) is 6.04 Å². The number of benzene rings is 1. The van der Waals surface area contributed by atoms with Crippen LogP contribution in [0.25, 0.3) is 0 Å². The van der Waals surface area contributed by atoms with E-state index in [2.05, 4.69) is 46.1 Å². The summed E-state index contributed by atoms with van der Waals surface area (Å²) in [7, 11) is 1.99. The molecule has 1 aromatic heterocycles. The van der Waals surface area contributed by atoms with Gasteiger partial charge in [0, 0.05) is 18.9 Å². The van der Waals surface area contributed by atoms with E-state index in [4.69, 9.17) is 0 Å². The van der Waals surface area contributed by atoms with Crippen molar-refractivity contribution < 1.29 is 0 Å². The van der Waals surface area contributed by atoms with Gasteiger partial charge in [-0.15, -0.1) is 0 Å². The smallest absolute Gasteiger partial charge is 0.126 e. The molecule has 0 amide bonds. The SMILES string of the molecule is CCn1ccnc1C(Cc1ccccc1)NC. The predicted molar refractivity (Wildman–Crippen MR) is 69.8 cm³/mol. The summed E-state index contributed by atoms with van der Waals surface area (Å²) in [5, 5.41) is 3.34. The second kappa shape index (κ2) is 5.64. The van der Waals surface area contributed by atoms with Gasteiger partial charge in [-0.2, -0.15) is 0 Å². The second-order valence-corrected chi connectivity index (χ2v) is 4.10. The molecule has 1 unspecified atom stereocenters. The summed E-state index contributed by atoms with van der Waals surface area (Å²) in [4.78, 5) is 4.45. The van der Waals surface area contributed by atoms with Gasteiger partial charge in [0.15, 0.2) is 0 Å². The Morgan fingerprint density at radius 1 is 1.29 bits per heavy atom. The van der Waals surface area contributed by atoms with Crippen LogP contribution in [0.5, 0.6) is 0 Å². The molecule has 0 aliphatic heterocycles. The molecule has 0 radical (unpaired) electrons. The molecule has 0 aliphatic carbocycles. The lowest BCUT2D eigenvalue weighted by Crippen LogP contribution is -2.22. The number of nitrogens with one attached hydrogen (secondary N) is 1. The highest BCUT2D eigenvalue weighted by molar-refractivity contribution is 5.17. The van der Waals surface area contributed by atoms with E-state index in [1.54, 1.807) is 0 Å². The summed E-state index contributed by atoms with van der Waals surface area (Å²) in [6.07, 6.45) is 4.87. The van der Waals surface area contributed by atoms with Crippen LogP contribution in [0.15, 0.2) is 42.7 Å². The fourth-order valence-corrected chi connectivity index (χ4v) is 2.07. The maximum absolute atomic E-state index is 4.45. The number of likely N-dealkylation sites (N-methyl/N-ethyl adjacent to an activating group) is 1. The Balaban J connectivity index is 2.17. The van der Waals surface area contributed by atoms with E-state index in [0.717, 1.165) is 18.8 Å². The molecule has 1 N–H and O–H groups in total. The average molecular weight is 229 g/mol. The molecule has 90 valence electrons. The third-order valence-electron chi connectivity index (χ3n) is 3.03. The Kier molecular flexibility index (Phi) is 3.94. The molecule has 1 heterocycles. The van der Waals surface area contributed by atoms with Crippen LogP contribution < -0.4 is 5.32 Å². The molecule has 0 spiro atoms. The zero-order valence-corrected chi connectivity index (χ0v) is 10.4. The minimum absolute atomic E-state index is 0.271. The molecule has 17 heavy (non-hydrogen) atoms. The number of aryl methyl sites for hydroxylation is 1. The maximum atomic E-state index is 4.45. The van der Waals surface area contributed by atoms with Crippen LogP contribution in [0.1, 0.15) is 24.4 Å². The molecular formula is C14H19N3. The van der Waals surface area contributed by atoms with Crippen LogP contribution in [0.4, 0.5) is 0 Å². The average Bonchev–Trinajstić information content (AvgIpc) is 2.85. The van der Waals surface area contributed by atoms with Crippen LogP contribution in [-0.2, 0) is 13.0 Å². The Morgan fingerprint density at radius 2 is 2.06 bits per heavy atom. The minimum Gasteiger partial charge on any atom is -0.334 e. The fourth-order valence-electron chi connectivity index (χ4n) is 2.07. The zero-order chi connectivity index (χ0) is 12.1. The van der Waals surface area contributed by atoms with Gasteiger partial charge < -0.3 is 9.88 Å². The van der Waals surface area contributed by atoms with Crippen molar-refractivity contribution in [3.63, 3.8) is 0 Å². The van der Waals surface area contributed by atoms with Gasteiger partial charge in [0.25, 0.3) is 0 Å². The molecule has 0 saturated carbocycles. The summed E-state index contributed by atoms with van der Waals surface area (Å²) < 4.78 is 2.18. The van der Waals surface area contributed by atoms with Crippen molar-refractivity contribution in [2.75, 3.05) is 7.05 Å². The first kappa shape index (κ1) is 11.9. The normalized spacial score (nSPS) is 12.6. The number of aromatic nitrogens is 2. The van der Waals surface area contributed by atoms with Crippen LogP contribution in [0.3, 0.4) is 0 Å². The highest BCUT2D eigenvalue weighted by atomic mass is 15.1. The van der Waals surface area contributed by atoms with E-state index < -0.39 is 0 Å². The van der Waals surface area contributed by atoms with E-state index in [1.165, 1.54) is 5.56 Å². The first-order valence-electron chi connectivity index (χ1n) is 6.07. The van der Waals surface area contributed by atoms with Crippen molar-refractivity contribution in [3.05, 3.63) is 54.1 Å². The Hall–Kier alpha value is -1.61. The number of hydrogen-bond donors (Lipinski definition) is 1. The minimum atomic E-state index is 0.271. The lowest BCUT2D eigenvalue weighted by Gasteiger charge is -2.17. The van der Waals surface area contributed by atoms with Gasteiger partial charge in [0.2, 0.25) is 0 Å². The van der Waals surface area contributed by atoms with E-state index in [0.29, 0.717) is 0 Å². The number of imidazole rings is 1. The molecule has 0 fully saturated rings. The van der Waals surface area contributed by atoms with Crippen molar-refractivity contribution in [2.45, 2.75) is 25.9 Å². The zero-order valence-electron chi connectivity index (χ0n) is 10.4. The molecule has 0 bridgehead atoms. The second-order valence-electron chi connectivity index (χ2n) is 4.10. The molecule has 1 aromatic carbocycles. The highest BCUT2D eigenvalue weighted by Gasteiger charge is 2.14. The van der Waals surface area contributed by atoms with Crippen molar-refractivity contribution in [1.82, 2.24) is 14.9 Å². The van der Waals surface area contributed by atoms with Gasteiger partial charge in [-0.25, -0.2) is 4.98 Å². The molecule has 0 saturated heterocycles. The molecule has 1 atom stereocenters. The van der Waals surface area contributed by atoms with Crippen LogP contribution >= 0.6 is 0 Å². The Morgan fingerprint density at radius 3 is 2.71 bits per heavy atom. The first-order chi connectivity index (χ1) is 8.35. The fraction of sp³-hybridized carbons (Fsp3) is 0.357. The number of nitrogens with zero attached hydrogens (tertiary/aromatic N) is 2. The lowest BCUT2D eigenvalue weighted by atomic mass is 10.1. The molecule has 0 aliphatic rings. The Labute approximate surface area is 103 Å². The molecule has 2 rings (SSSR count). The van der Waals surface area contributed by atoms with Gasteiger partial charge in [-0.3, -0.25) is 0 Å². The summed E-state index contributed by atoms with van der Waals surface area (Å²) >= 11 is 0. The van der Waals surface area contributed by atoms with Crippen LogP contribution in [-0.4, -0.2) is 16.6 Å². The number of rotatable bonds is 5. The topological polar surface area (TPSA) is 29.9 Å². The van der Waals surface area contributed by atoms with Gasteiger partial charge >= 0.3 is 0 Å². The van der Waals surface area contributed by atoms with E-state index in [-0.39, 0.29) is 6.04 Å². The van der Waals surface area contributed by atoms with E-state index in [9.17, 15) is 0 Å². The predicted octanol–water partition coefficient (Wildman–Crippen LogP) is 2.41. The van der Waals surface area contributed by atoms with Crippen LogP contribution in [0, 0.1) is 0 Å². The third kappa shape index (κ3) is 2.74. The summed E-state index contributed by atoms with van der Waals surface area (Å²) in [5.41, 5.74) is 1.33. The highest BCUT2D eigenvalue weighted by Crippen LogP contribution is 2.16.